The van der Waals surface area contributed by atoms with Gasteiger partial charge in [0, 0.05) is 19.8 Å². The molecule has 0 spiro atoms. The van der Waals surface area contributed by atoms with Crippen molar-refractivity contribution in [1.82, 2.24) is 4.90 Å². The minimum absolute atomic E-state index is 0.197. The molecule has 1 N–H and O–H groups in total. The molecule has 0 fully saturated rings. The zero-order valence-corrected chi connectivity index (χ0v) is 14.1. The van der Waals surface area contributed by atoms with Gasteiger partial charge in [-0.2, -0.15) is 0 Å². The Bertz CT molecular complexity index is 645. The van der Waals surface area contributed by atoms with Gasteiger partial charge in [-0.3, -0.25) is 0 Å². The van der Waals surface area contributed by atoms with E-state index in [0.29, 0.717) is 23.1 Å². The van der Waals surface area contributed by atoms with Crippen molar-refractivity contribution in [2.75, 3.05) is 26.0 Å². The van der Waals surface area contributed by atoms with Gasteiger partial charge < -0.3 is 15.0 Å². The lowest BCUT2D eigenvalue weighted by atomic mass is 10.1. The molecule has 0 saturated carbocycles. The maximum Gasteiger partial charge on any atom is 0.321 e. The minimum Gasteiger partial charge on any atom is -0.492 e. The van der Waals surface area contributed by atoms with E-state index in [2.05, 4.69) is 17.4 Å². The van der Waals surface area contributed by atoms with Crippen molar-refractivity contribution >= 4 is 23.3 Å². The molecule has 122 valence electrons. The predicted molar refractivity (Wildman–Crippen MR) is 94.4 cm³/mol. The highest BCUT2D eigenvalue weighted by atomic mass is 35.5. The smallest absolute Gasteiger partial charge is 0.321 e. The maximum absolute atomic E-state index is 11.6. The van der Waals surface area contributed by atoms with Gasteiger partial charge in [0.1, 0.15) is 5.75 Å². The monoisotopic (exact) mass is 332 g/mol. The van der Waals surface area contributed by atoms with Crippen LogP contribution in [0, 0.1) is 0 Å². The van der Waals surface area contributed by atoms with E-state index in [-0.39, 0.29) is 6.03 Å². The minimum atomic E-state index is -0.197. The number of nitrogens with zero attached hydrogens (tertiary/aromatic N) is 1. The number of rotatable bonds is 6. The first-order valence-electron chi connectivity index (χ1n) is 7.51. The Balaban J connectivity index is 1.82. The average Bonchev–Trinajstić information content (AvgIpc) is 2.54. The lowest BCUT2D eigenvalue weighted by Gasteiger charge is -2.13. The SMILES string of the molecule is CN(C)C(=O)Nc1ccc(OCCCc2ccccc2)c(Cl)c1. The highest BCUT2D eigenvalue weighted by Gasteiger charge is 2.07. The molecule has 0 radical (unpaired) electrons. The molecule has 0 saturated heterocycles. The van der Waals surface area contributed by atoms with Crippen LogP contribution < -0.4 is 10.1 Å². The van der Waals surface area contributed by atoms with Gasteiger partial charge in [-0.15, -0.1) is 0 Å². The standard InChI is InChI=1S/C18H21ClN2O2/c1-21(2)18(22)20-15-10-11-17(16(19)13-15)23-12-6-9-14-7-4-3-5-8-14/h3-5,7-8,10-11,13H,6,9,12H2,1-2H3,(H,20,22). The Kier molecular flexibility index (Phi) is 6.29. The van der Waals surface area contributed by atoms with E-state index in [1.165, 1.54) is 10.5 Å². The third-order valence-corrected chi connectivity index (χ3v) is 3.59. The Labute approximate surface area is 142 Å². The van der Waals surface area contributed by atoms with Crippen molar-refractivity contribution in [2.45, 2.75) is 12.8 Å². The third kappa shape index (κ3) is 5.49. The van der Waals surface area contributed by atoms with Gasteiger partial charge in [-0.1, -0.05) is 41.9 Å². The third-order valence-electron chi connectivity index (χ3n) is 3.30. The molecule has 2 aromatic carbocycles. The van der Waals surface area contributed by atoms with E-state index < -0.39 is 0 Å². The molecule has 0 heterocycles. The van der Waals surface area contributed by atoms with E-state index in [1.807, 2.05) is 18.2 Å². The van der Waals surface area contributed by atoms with Crippen LogP contribution in [0.2, 0.25) is 5.02 Å². The highest BCUT2D eigenvalue weighted by molar-refractivity contribution is 6.32. The highest BCUT2D eigenvalue weighted by Crippen LogP contribution is 2.28. The fourth-order valence-electron chi connectivity index (χ4n) is 2.03. The van der Waals surface area contributed by atoms with E-state index in [9.17, 15) is 4.79 Å². The number of carbonyl (C=O) groups excluding carboxylic acids is 1. The molecule has 0 bridgehead atoms. The predicted octanol–water partition coefficient (Wildman–Crippen LogP) is 4.45. The van der Waals surface area contributed by atoms with Crippen LogP contribution in [0.15, 0.2) is 48.5 Å². The van der Waals surface area contributed by atoms with Crippen LogP contribution in [-0.4, -0.2) is 31.6 Å². The summed E-state index contributed by atoms with van der Waals surface area (Å²) in [4.78, 5) is 13.1. The molecule has 0 aliphatic rings. The summed E-state index contributed by atoms with van der Waals surface area (Å²) in [7, 11) is 3.36. The Hall–Kier alpha value is -2.20. The number of ether oxygens (including phenoxy) is 1. The molecule has 2 rings (SSSR count). The fraction of sp³-hybridized carbons (Fsp3) is 0.278. The Morgan fingerprint density at radius 1 is 1.17 bits per heavy atom. The lowest BCUT2D eigenvalue weighted by Crippen LogP contribution is -2.27. The number of aryl methyl sites for hydroxylation is 1. The fourth-order valence-corrected chi connectivity index (χ4v) is 2.27. The number of nitrogens with one attached hydrogen (secondary N) is 1. The molecule has 2 aromatic rings. The van der Waals surface area contributed by atoms with Gasteiger partial charge in [0.2, 0.25) is 0 Å². The van der Waals surface area contributed by atoms with Gasteiger partial charge in [-0.25, -0.2) is 4.79 Å². The number of benzene rings is 2. The summed E-state index contributed by atoms with van der Waals surface area (Å²) < 4.78 is 5.71. The molecule has 0 unspecified atom stereocenters. The number of halogens is 1. The van der Waals surface area contributed by atoms with Gasteiger partial charge >= 0.3 is 6.03 Å². The zero-order valence-electron chi connectivity index (χ0n) is 13.4. The molecule has 0 aliphatic heterocycles. The first-order valence-corrected chi connectivity index (χ1v) is 7.88. The van der Waals surface area contributed by atoms with Crippen molar-refractivity contribution in [2.24, 2.45) is 0 Å². The summed E-state index contributed by atoms with van der Waals surface area (Å²) in [5, 5.41) is 3.23. The largest absolute Gasteiger partial charge is 0.492 e. The second-order valence-corrected chi connectivity index (χ2v) is 5.81. The van der Waals surface area contributed by atoms with Gasteiger partial charge in [0.05, 0.1) is 11.6 Å². The van der Waals surface area contributed by atoms with Crippen LogP contribution in [0.5, 0.6) is 5.75 Å². The molecule has 4 nitrogen and oxygen atoms in total. The van der Waals surface area contributed by atoms with Crippen LogP contribution >= 0.6 is 11.6 Å². The molecule has 2 amide bonds. The van der Waals surface area contributed by atoms with E-state index in [1.54, 1.807) is 32.3 Å². The van der Waals surface area contributed by atoms with Crippen molar-refractivity contribution in [1.29, 1.82) is 0 Å². The number of hydrogen-bond acceptors (Lipinski definition) is 2. The molecule has 0 atom stereocenters. The van der Waals surface area contributed by atoms with Crippen molar-refractivity contribution in [3.8, 4) is 5.75 Å². The quantitative estimate of drug-likeness (QED) is 0.794. The van der Waals surface area contributed by atoms with Gasteiger partial charge in [0.15, 0.2) is 0 Å². The number of amides is 2. The van der Waals surface area contributed by atoms with Crippen LogP contribution in [0.4, 0.5) is 10.5 Å². The summed E-state index contributed by atoms with van der Waals surface area (Å²) in [6, 6.07) is 15.3. The summed E-state index contributed by atoms with van der Waals surface area (Å²) in [6.07, 6.45) is 1.88. The Morgan fingerprint density at radius 2 is 1.91 bits per heavy atom. The molecule has 5 heteroatoms. The Morgan fingerprint density at radius 3 is 2.57 bits per heavy atom. The summed E-state index contributed by atoms with van der Waals surface area (Å²) >= 11 is 6.20. The van der Waals surface area contributed by atoms with Crippen LogP contribution in [-0.2, 0) is 6.42 Å². The molecular weight excluding hydrogens is 312 g/mol. The summed E-state index contributed by atoms with van der Waals surface area (Å²) in [6.45, 7) is 0.595. The van der Waals surface area contributed by atoms with Crippen LogP contribution in [0.3, 0.4) is 0 Å². The second kappa shape index (κ2) is 8.44. The van der Waals surface area contributed by atoms with Crippen molar-refractivity contribution < 1.29 is 9.53 Å². The van der Waals surface area contributed by atoms with Crippen molar-refractivity contribution in [3.63, 3.8) is 0 Å². The number of carbonyl (C=O) groups is 1. The summed E-state index contributed by atoms with van der Waals surface area (Å²) in [5.74, 6) is 0.627. The number of urea groups is 1. The average molecular weight is 333 g/mol. The molecule has 23 heavy (non-hydrogen) atoms. The maximum atomic E-state index is 11.6. The summed E-state index contributed by atoms with van der Waals surface area (Å²) in [5.41, 5.74) is 1.94. The van der Waals surface area contributed by atoms with Gasteiger partial charge in [0.25, 0.3) is 0 Å². The van der Waals surface area contributed by atoms with E-state index in [0.717, 1.165) is 12.8 Å². The topological polar surface area (TPSA) is 41.6 Å². The van der Waals surface area contributed by atoms with Crippen LogP contribution in [0.1, 0.15) is 12.0 Å². The number of hydrogen-bond donors (Lipinski definition) is 1. The normalized spacial score (nSPS) is 10.2. The van der Waals surface area contributed by atoms with Gasteiger partial charge in [-0.05, 0) is 36.6 Å². The lowest BCUT2D eigenvalue weighted by molar-refractivity contribution is 0.230. The molecule has 0 aromatic heterocycles. The van der Waals surface area contributed by atoms with E-state index >= 15 is 0 Å². The first kappa shape index (κ1) is 17.2. The van der Waals surface area contributed by atoms with E-state index in [4.69, 9.17) is 16.3 Å². The second-order valence-electron chi connectivity index (χ2n) is 5.41. The zero-order chi connectivity index (χ0) is 16.7. The number of anilines is 1. The molecular formula is C18H21ClN2O2. The molecule has 0 aliphatic carbocycles. The van der Waals surface area contributed by atoms with Crippen molar-refractivity contribution in [3.05, 3.63) is 59.1 Å². The first-order chi connectivity index (χ1) is 11.1. The van der Waals surface area contributed by atoms with Crippen LogP contribution in [0.25, 0.3) is 0 Å².